The SMILES string of the molecule is C=CC(=O)N1CC(N2CCC(c3cc(C)c4c(c3)Nc3nccc(N5CCS(=O)(=O)CC5)c3CO4)CC2)C1. The molecule has 5 heterocycles. The summed E-state index contributed by atoms with van der Waals surface area (Å²) in [5.41, 5.74) is 5.30. The number of amides is 1. The summed E-state index contributed by atoms with van der Waals surface area (Å²) in [6.07, 6.45) is 5.35. The highest BCUT2D eigenvalue weighted by Gasteiger charge is 2.36. The number of carbonyl (C=O) groups excluding carboxylic acids is 1. The van der Waals surface area contributed by atoms with E-state index in [2.05, 4.69) is 45.7 Å². The molecule has 2 aromatic rings. The maximum absolute atomic E-state index is 11.9. The van der Waals surface area contributed by atoms with E-state index in [1.165, 1.54) is 11.6 Å². The van der Waals surface area contributed by atoms with Crippen LogP contribution < -0.4 is 15.0 Å². The number of sulfone groups is 1. The summed E-state index contributed by atoms with van der Waals surface area (Å²) >= 11 is 0. The van der Waals surface area contributed by atoms with Gasteiger partial charge in [0.25, 0.3) is 0 Å². The highest BCUT2D eigenvalue weighted by atomic mass is 32.2. The Morgan fingerprint density at radius 3 is 2.61 bits per heavy atom. The van der Waals surface area contributed by atoms with Crippen molar-refractivity contribution in [2.24, 2.45) is 0 Å². The number of piperidine rings is 1. The minimum atomic E-state index is -2.96. The number of benzene rings is 1. The fourth-order valence-electron chi connectivity index (χ4n) is 6.17. The molecular weight excluding hydrogens is 502 g/mol. The number of pyridine rings is 1. The molecule has 0 bridgehead atoms. The number of hydrogen-bond acceptors (Lipinski definition) is 8. The van der Waals surface area contributed by atoms with Crippen molar-refractivity contribution < 1.29 is 17.9 Å². The van der Waals surface area contributed by atoms with Gasteiger partial charge >= 0.3 is 0 Å². The Morgan fingerprint density at radius 1 is 1.16 bits per heavy atom. The van der Waals surface area contributed by atoms with Crippen molar-refractivity contribution in [2.75, 3.05) is 61.0 Å². The van der Waals surface area contributed by atoms with Crippen LogP contribution in [0.4, 0.5) is 17.2 Å². The van der Waals surface area contributed by atoms with Crippen LogP contribution in [-0.4, -0.2) is 85.9 Å². The zero-order valence-electron chi connectivity index (χ0n) is 21.9. The zero-order valence-corrected chi connectivity index (χ0v) is 22.7. The quantitative estimate of drug-likeness (QED) is 0.595. The van der Waals surface area contributed by atoms with Crippen LogP contribution in [0.2, 0.25) is 0 Å². The Morgan fingerprint density at radius 2 is 1.89 bits per heavy atom. The Labute approximate surface area is 224 Å². The summed E-state index contributed by atoms with van der Waals surface area (Å²) < 4.78 is 30.2. The third-order valence-corrected chi connectivity index (χ3v) is 10.1. The van der Waals surface area contributed by atoms with E-state index in [1.54, 1.807) is 6.20 Å². The maximum atomic E-state index is 11.9. The number of fused-ring (bicyclic) bond motifs is 2. The van der Waals surface area contributed by atoms with Gasteiger partial charge in [0.15, 0.2) is 9.84 Å². The molecule has 1 aromatic carbocycles. The molecule has 3 saturated heterocycles. The molecule has 0 saturated carbocycles. The van der Waals surface area contributed by atoms with Crippen LogP contribution in [-0.2, 0) is 21.2 Å². The average molecular weight is 538 g/mol. The van der Waals surface area contributed by atoms with Crippen LogP contribution >= 0.6 is 0 Å². The first kappa shape index (κ1) is 25.2. The lowest BCUT2D eigenvalue weighted by atomic mass is 9.87. The fraction of sp³-hybridized carbons (Fsp3) is 0.500. The first-order chi connectivity index (χ1) is 18.3. The number of anilines is 3. The second-order valence-corrected chi connectivity index (χ2v) is 13.1. The van der Waals surface area contributed by atoms with Crippen molar-refractivity contribution in [1.82, 2.24) is 14.8 Å². The van der Waals surface area contributed by atoms with Crippen LogP contribution in [0.25, 0.3) is 0 Å². The van der Waals surface area contributed by atoms with Gasteiger partial charge in [-0.25, -0.2) is 13.4 Å². The van der Waals surface area contributed by atoms with Gasteiger partial charge in [-0.05, 0) is 68.1 Å². The Bertz CT molecular complexity index is 1350. The van der Waals surface area contributed by atoms with E-state index >= 15 is 0 Å². The molecule has 10 heteroatoms. The number of aryl methyl sites for hydroxylation is 1. The number of likely N-dealkylation sites (tertiary alicyclic amines) is 2. The van der Waals surface area contributed by atoms with Gasteiger partial charge in [-0.15, -0.1) is 0 Å². The number of carbonyl (C=O) groups is 1. The fourth-order valence-corrected chi connectivity index (χ4v) is 7.37. The molecule has 1 amide bonds. The van der Waals surface area contributed by atoms with E-state index in [-0.39, 0.29) is 17.4 Å². The van der Waals surface area contributed by atoms with Crippen molar-refractivity contribution in [3.8, 4) is 5.75 Å². The Balaban J connectivity index is 1.16. The molecule has 4 aliphatic rings. The van der Waals surface area contributed by atoms with E-state index < -0.39 is 9.84 Å². The minimum absolute atomic E-state index is 0.0263. The second-order valence-electron chi connectivity index (χ2n) is 10.8. The van der Waals surface area contributed by atoms with Gasteiger partial charge in [0.1, 0.15) is 18.2 Å². The van der Waals surface area contributed by atoms with Crippen LogP contribution in [0.5, 0.6) is 5.75 Å². The predicted octanol–water partition coefficient (Wildman–Crippen LogP) is 2.84. The molecule has 0 aliphatic carbocycles. The van der Waals surface area contributed by atoms with Crippen molar-refractivity contribution in [1.29, 1.82) is 0 Å². The topological polar surface area (TPSA) is 95.1 Å². The van der Waals surface area contributed by atoms with Gasteiger partial charge in [-0.3, -0.25) is 9.69 Å². The lowest BCUT2D eigenvalue weighted by Gasteiger charge is -2.47. The van der Waals surface area contributed by atoms with Gasteiger partial charge < -0.3 is 19.9 Å². The minimum Gasteiger partial charge on any atom is -0.486 e. The summed E-state index contributed by atoms with van der Waals surface area (Å²) in [4.78, 5) is 22.9. The van der Waals surface area contributed by atoms with E-state index in [0.29, 0.717) is 31.7 Å². The molecule has 0 atom stereocenters. The highest BCUT2D eigenvalue weighted by Crippen LogP contribution is 2.42. The maximum Gasteiger partial charge on any atom is 0.246 e. The van der Waals surface area contributed by atoms with E-state index in [0.717, 1.165) is 73.1 Å². The second kappa shape index (κ2) is 9.89. The van der Waals surface area contributed by atoms with Crippen LogP contribution in [0.1, 0.15) is 35.4 Å². The molecule has 0 unspecified atom stereocenters. The molecule has 1 N–H and O–H groups in total. The third-order valence-electron chi connectivity index (χ3n) is 8.49. The largest absolute Gasteiger partial charge is 0.486 e. The monoisotopic (exact) mass is 537 g/mol. The molecular formula is C28H35N5O4S. The van der Waals surface area contributed by atoms with Gasteiger partial charge in [0, 0.05) is 44.1 Å². The predicted molar refractivity (Wildman–Crippen MR) is 148 cm³/mol. The first-order valence-corrected chi connectivity index (χ1v) is 15.3. The molecule has 0 spiro atoms. The smallest absolute Gasteiger partial charge is 0.246 e. The lowest BCUT2D eigenvalue weighted by molar-refractivity contribution is -0.133. The van der Waals surface area contributed by atoms with Crippen LogP contribution in [0.15, 0.2) is 37.1 Å². The molecule has 1 aromatic heterocycles. The third kappa shape index (κ3) is 4.75. The van der Waals surface area contributed by atoms with E-state index in [1.807, 2.05) is 11.0 Å². The summed E-state index contributed by atoms with van der Waals surface area (Å²) in [7, 11) is -2.96. The average Bonchev–Trinajstić information content (AvgIpc) is 3.08. The number of hydrogen-bond donors (Lipinski definition) is 1. The lowest BCUT2D eigenvalue weighted by Crippen LogP contribution is -2.61. The summed E-state index contributed by atoms with van der Waals surface area (Å²) in [6, 6.07) is 6.89. The molecule has 3 fully saturated rings. The molecule has 4 aliphatic heterocycles. The van der Waals surface area contributed by atoms with Crippen molar-refractivity contribution in [3.63, 3.8) is 0 Å². The molecule has 9 nitrogen and oxygen atoms in total. The summed E-state index contributed by atoms with van der Waals surface area (Å²) in [5.74, 6) is 2.46. The van der Waals surface area contributed by atoms with E-state index in [9.17, 15) is 13.2 Å². The van der Waals surface area contributed by atoms with Gasteiger partial charge in [-0.1, -0.05) is 12.6 Å². The summed E-state index contributed by atoms with van der Waals surface area (Å²) in [5, 5.41) is 3.55. The first-order valence-electron chi connectivity index (χ1n) is 13.4. The number of rotatable bonds is 4. The summed E-state index contributed by atoms with van der Waals surface area (Å²) in [6.45, 7) is 10.7. The number of aromatic nitrogens is 1. The van der Waals surface area contributed by atoms with E-state index in [4.69, 9.17) is 4.74 Å². The van der Waals surface area contributed by atoms with Gasteiger partial charge in [-0.2, -0.15) is 0 Å². The number of nitrogens with one attached hydrogen (secondary N) is 1. The zero-order chi connectivity index (χ0) is 26.4. The van der Waals surface area contributed by atoms with Gasteiger partial charge in [0.2, 0.25) is 5.91 Å². The van der Waals surface area contributed by atoms with Crippen LogP contribution in [0, 0.1) is 6.92 Å². The molecule has 6 rings (SSSR count). The Kier molecular flexibility index (Phi) is 6.55. The Hall–Kier alpha value is -3.11. The number of nitrogens with zero attached hydrogens (tertiary/aromatic N) is 4. The van der Waals surface area contributed by atoms with Gasteiger partial charge in [0.05, 0.1) is 22.8 Å². The standard InChI is InChI=1S/C28H35N5O4S/c1-3-26(34)33-16-22(17-33)31-8-5-20(6-9-31)21-14-19(2)27-24(15-21)30-28-23(18-37-27)25(4-7-29-28)32-10-12-38(35,36)13-11-32/h3-4,7,14-15,20,22H,1,5-6,8-13,16-18H2,2H3,(H,29,30). The van der Waals surface area contributed by atoms with Crippen molar-refractivity contribution in [3.05, 3.63) is 53.7 Å². The normalized spacial score (nSPS) is 21.8. The molecule has 202 valence electrons. The van der Waals surface area contributed by atoms with Crippen molar-refractivity contribution in [2.45, 2.75) is 38.3 Å². The van der Waals surface area contributed by atoms with Crippen LogP contribution in [0.3, 0.4) is 0 Å². The molecule has 38 heavy (non-hydrogen) atoms. The van der Waals surface area contributed by atoms with Crippen molar-refractivity contribution >= 4 is 32.9 Å². The highest BCUT2D eigenvalue weighted by molar-refractivity contribution is 7.91. The molecule has 0 radical (unpaired) electrons. The number of ether oxygens (including phenoxy) is 1.